The summed E-state index contributed by atoms with van der Waals surface area (Å²) in [6, 6.07) is 2.09. The molecule has 7 atom stereocenters. The van der Waals surface area contributed by atoms with Gasteiger partial charge < -0.3 is 5.11 Å². The summed E-state index contributed by atoms with van der Waals surface area (Å²) in [5.74, 6) is 3.24. The Morgan fingerprint density at radius 3 is 2.71 bits per heavy atom. The van der Waals surface area contributed by atoms with E-state index in [-0.39, 0.29) is 17.9 Å². The van der Waals surface area contributed by atoms with Crippen LogP contribution in [-0.4, -0.2) is 27.3 Å². The van der Waals surface area contributed by atoms with E-state index in [9.17, 15) is 9.90 Å². The van der Waals surface area contributed by atoms with Gasteiger partial charge in [0, 0.05) is 18.7 Å². The summed E-state index contributed by atoms with van der Waals surface area (Å²) in [6.45, 7) is 7.81. The molecular weight excluding hydrogens is 386 g/mol. The Morgan fingerprint density at radius 2 is 2.03 bits per heavy atom. The molecule has 1 aromatic heterocycles. The minimum absolute atomic E-state index is 0.102. The fourth-order valence-corrected chi connectivity index (χ4v) is 8.05. The van der Waals surface area contributed by atoms with Crippen LogP contribution in [0, 0.1) is 51.8 Å². The molecule has 170 valence electrons. The van der Waals surface area contributed by atoms with Crippen LogP contribution in [0.25, 0.3) is 0 Å². The van der Waals surface area contributed by atoms with Crippen LogP contribution in [-0.2, 0) is 11.3 Å². The van der Waals surface area contributed by atoms with E-state index in [4.69, 9.17) is 5.26 Å². The molecule has 0 saturated heterocycles. The summed E-state index contributed by atoms with van der Waals surface area (Å²) < 4.78 is 1.64. The lowest BCUT2D eigenvalue weighted by Crippen LogP contribution is -2.51. The number of hydrogen-bond donors (Lipinski definition) is 1. The molecule has 31 heavy (non-hydrogen) atoms. The fourth-order valence-electron chi connectivity index (χ4n) is 8.05. The first-order chi connectivity index (χ1) is 14.9. The minimum Gasteiger partial charge on any atom is -0.396 e. The maximum absolute atomic E-state index is 13.3. The molecule has 1 aromatic rings. The zero-order valence-electron chi connectivity index (χ0n) is 19.5. The van der Waals surface area contributed by atoms with Crippen molar-refractivity contribution in [1.82, 2.24) is 9.78 Å². The van der Waals surface area contributed by atoms with Crippen molar-refractivity contribution in [3.63, 3.8) is 0 Å². The maximum atomic E-state index is 13.3. The van der Waals surface area contributed by atoms with Gasteiger partial charge in [-0.25, -0.2) is 0 Å². The number of nitrogens with zero attached hydrogens (tertiary/aromatic N) is 3. The first kappa shape index (κ1) is 22.5. The van der Waals surface area contributed by atoms with Crippen molar-refractivity contribution in [3.05, 3.63) is 18.0 Å². The highest BCUT2D eigenvalue weighted by atomic mass is 16.2. The van der Waals surface area contributed by atoms with Gasteiger partial charge in [-0.05, 0) is 85.9 Å². The highest BCUT2D eigenvalue weighted by Gasteiger charge is 2.59. The molecule has 1 N–H and O–H groups in total. The Kier molecular flexibility index (Phi) is 6.32. The van der Waals surface area contributed by atoms with E-state index in [2.05, 4.69) is 31.9 Å². The van der Waals surface area contributed by atoms with Gasteiger partial charge in [0.1, 0.15) is 6.07 Å². The molecule has 3 aliphatic rings. The number of Topliss-reactive ketones (excluding diaryl/α,β-unsaturated/α-hetero) is 1. The monoisotopic (exact) mass is 425 g/mol. The van der Waals surface area contributed by atoms with Gasteiger partial charge in [-0.2, -0.15) is 10.4 Å². The summed E-state index contributed by atoms with van der Waals surface area (Å²) in [7, 11) is 0. The van der Waals surface area contributed by atoms with E-state index < -0.39 is 0 Å². The highest BCUT2D eigenvalue weighted by molar-refractivity contribution is 5.82. The number of aliphatic hydroxyl groups excluding tert-OH is 1. The van der Waals surface area contributed by atoms with Gasteiger partial charge in [-0.3, -0.25) is 9.48 Å². The molecule has 0 aliphatic heterocycles. The Bertz CT molecular complexity index is 842. The average molecular weight is 426 g/mol. The topological polar surface area (TPSA) is 78.9 Å². The fraction of sp³-hybridized carbons (Fsp3) is 0.808. The van der Waals surface area contributed by atoms with Gasteiger partial charge in [0.25, 0.3) is 0 Å². The molecule has 4 unspecified atom stereocenters. The first-order valence-corrected chi connectivity index (χ1v) is 12.4. The van der Waals surface area contributed by atoms with E-state index in [0.717, 1.165) is 37.5 Å². The van der Waals surface area contributed by atoms with Gasteiger partial charge >= 0.3 is 0 Å². The molecule has 3 saturated carbocycles. The Balaban J connectivity index is 1.51. The summed E-state index contributed by atoms with van der Waals surface area (Å²) >= 11 is 0. The van der Waals surface area contributed by atoms with Crippen molar-refractivity contribution in [2.24, 2.45) is 40.4 Å². The quantitative estimate of drug-likeness (QED) is 0.668. The van der Waals surface area contributed by atoms with Crippen molar-refractivity contribution in [2.75, 3.05) is 6.61 Å². The third-order valence-electron chi connectivity index (χ3n) is 9.90. The molecule has 1 heterocycles. The summed E-state index contributed by atoms with van der Waals surface area (Å²) in [6.07, 6.45) is 13.7. The van der Waals surface area contributed by atoms with Crippen LogP contribution in [0.1, 0.15) is 84.1 Å². The molecular formula is C26H39N3O2. The number of aromatic nitrogens is 2. The van der Waals surface area contributed by atoms with Crippen molar-refractivity contribution < 1.29 is 9.90 Å². The number of carbonyl (C=O) groups is 1. The van der Waals surface area contributed by atoms with Crippen LogP contribution in [0.15, 0.2) is 12.4 Å². The van der Waals surface area contributed by atoms with Gasteiger partial charge in [0.2, 0.25) is 0 Å². The van der Waals surface area contributed by atoms with E-state index >= 15 is 0 Å². The molecule has 3 aliphatic carbocycles. The van der Waals surface area contributed by atoms with Crippen LogP contribution < -0.4 is 0 Å². The van der Waals surface area contributed by atoms with Crippen molar-refractivity contribution >= 4 is 5.78 Å². The SMILES string of the molecule is CCC1(C)CC[C@@H]2[C@H](CCC3(C)C(C(=O)Cn4cc(C#N)cn4)CC[C@@H]23)C1CCCO. The maximum Gasteiger partial charge on any atom is 0.157 e. The molecule has 4 rings (SSSR count). The first-order valence-electron chi connectivity index (χ1n) is 12.4. The third kappa shape index (κ3) is 3.86. The van der Waals surface area contributed by atoms with E-state index in [1.807, 2.05) is 0 Å². The lowest BCUT2D eigenvalue weighted by atomic mass is 9.47. The second-order valence-corrected chi connectivity index (χ2v) is 11.1. The molecule has 0 radical (unpaired) electrons. The molecule has 0 bridgehead atoms. The van der Waals surface area contributed by atoms with Crippen LogP contribution >= 0.6 is 0 Å². The number of aliphatic hydroxyl groups is 1. The van der Waals surface area contributed by atoms with Gasteiger partial charge in [0.15, 0.2) is 5.78 Å². The Morgan fingerprint density at radius 1 is 1.26 bits per heavy atom. The van der Waals surface area contributed by atoms with E-state index in [1.54, 1.807) is 10.9 Å². The summed E-state index contributed by atoms with van der Waals surface area (Å²) in [5, 5.41) is 22.7. The van der Waals surface area contributed by atoms with Crippen LogP contribution in [0.4, 0.5) is 0 Å². The van der Waals surface area contributed by atoms with Crippen LogP contribution in [0.3, 0.4) is 0 Å². The predicted octanol–water partition coefficient (Wildman–Crippen LogP) is 4.98. The zero-order valence-corrected chi connectivity index (χ0v) is 19.5. The van der Waals surface area contributed by atoms with Gasteiger partial charge in [-0.1, -0.05) is 27.2 Å². The predicted molar refractivity (Wildman–Crippen MR) is 120 cm³/mol. The number of fused-ring (bicyclic) bond motifs is 3. The van der Waals surface area contributed by atoms with Crippen molar-refractivity contribution in [2.45, 2.75) is 85.1 Å². The van der Waals surface area contributed by atoms with Crippen LogP contribution in [0.2, 0.25) is 0 Å². The highest BCUT2D eigenvalue weighted by Crippen LogP contribution is 2.65. The lowest BCUT2D eigenvalue weighted by Gasteiger charge is -2.57. The number of nitriles is 1. The summed E-state index contributed by atoms with van der Waals surface area (Å²) in [5.41, 5.74) is 1.01. The smallest absolute Gasteiger partial charge is 0.157 e. The van der Waals surface area contributed by atoms with Crippen LogP contribution in [0.5, 0.6) is 0 Å². The molecule has 5 nitrogen and oxygen atoms in total. The van der Waals surface area contributed by atoms with Crippen molar-refractivity contribution in [3.8, 4) is 6.07 Å². The largest absolute Gasteiger partial charge is 0.396 e. The number of ketones is 1. The lowest BCUT2D eigenvalue weighted by molar-refractivity contribution is -0.132. The number of carbonyl (C=O) groups excluding carboxylic acids is 1. The van der Waals surface area contributed by atoms with E-state index in [1.165, 1.54) is 38.3 Å². The van der Waals surface area contributed by atoms with E-state index in [0.29, 0.717) is 35.2 Å². The van der Waals surface area contributed by atoms with Gasteiger partial charge in [0.05, 0.1) is 18.3 Å². The standard InChI is InChI=1S/C26H39N3O2/c1-4-25(2)11-9-20-19(21(25)6-5-13-30)10-12-26(3)22(20)7-8-23(26)24(31)17-29-16-18(14-27)15-28-29/h15-16,19-23,30H,4-13,17H2,1-3H3/t19-,20+,21?,22-,23?,25?,26?/m0/s1. The molecule has 5 heteroatoms. The third-order valence-corrected chi connectivity index (χ3v) is 9.90. The number of hydrogen-bond acceptors (Lipinski definition) is 4. The Hall–Kier alpha value is -1.67. The molecule has 0 amide bonds. The van der Waals surface area contributed by atoms with Crippen molar-refractivity contribution in [1.29, 1.82) is 5.26 Å². The molecule has 0 aromatic carbocycles. The molecule has 3 fully saturated rings. The number of rotatable bonds is 7. The minimum atomic E-state index is 0.102. The molecule has 0 spiro atoms. The van der Waals surface area contributed by atoms with Gasteiger partial charge in [-0.15, -0.1) is 0 Å². The zero-order chi connectivity index (χ0) is 22.2. The second kappa shape index (κ2) is 8.70. The average Bonchev–Trinajstić information content (AvgIpc) is 3.36. The Labute approximate surface area is 187 Å². The normalized spacial score (nSPS) is 39.5. The second-order valence-electron chi connectivity index (χ2n) is 11.1. The summed E-state index contributed by atoms with van der Waals surface area (Å²) in [4.78, 5) is 13.3.